The lowest BCUT2D eigenvalue weighted by molar-refractivity contribution is -0.121. The zero-order chi connectivity index (χ0) is 17.7. The van der Waals surface area contributed by atoms with Gasteiger partial charge in [0.25, 0.3) is 0 Å². The average Bonchev–Trinajstić information content (AvgIpc) is 2.96. The molecule has 0 saturated heterocycles. The van der Waals surface area contributed by atoms with E-state index in [-0.39, 0.29) is 17.6 Å². The highest BCUT2D eigenvalue weighted by Gasteiger charge is 2.45. The van der Waals surface area contributed by atoms with Gasteiger partial charge in [-0.3, -0.25) is 4.79 Å². The number of hydrogen-bond acceptors (Lipinski definition) is 3. The first-order chi connectivity index (χ1) is 12.0. The molecule has 2 aromatic rings. The zero-order valence-electron chi connectivity index (χ0n) is 15.0. The number of carbonyl (C=O) groups excluding carboxylic acids is 1. The Morgan fingerprint density at radius 2 is 1.88 bits per heavy atom. The SMILES string of the molecule is COc1cc(C2c3cc(C)c(C)cc3CC3CCC(=O)C32)ccc1O. The Balaban J connectivity index is 1.91. The molecule has 3 unspecified atom stereocenters. The van der Waals surface area contributed by atoms with Crippen molar-refractivity contribution in [3.05, 3.63) is 58.1 Å². The van der Waals surface area contributed by atoms with Crippen molar-refractivity contribution in [2.75, 3.05) is 7.11 Å². The lowest BCUT2D eigenvalue weighted by Crippen LogP contribution is -2.31. The second-order valence-corrected chi connectivity index (χ2v) is 7.54. The number of rotatable bonds is 2. The molecule has 3 heteroatoms. The van der Waals surface area contributed by atoms with E-state index in [4.69, 9.17) is 4.74 Å². The van der Waals surface area contributed by atoms with Gasteiger partial charge < -0.3 is 9.84 Å². The van der Waals surface area contributed by atoms with Crippen molar-refractivity contribution in [3.8, 4) is 11.5 Å². The van der Waals surface area contributed by atoms with Gasteiger partial charge in [0.05, 0.1) is 7.11 Å². The van der Waals surface area contributed by atoms with Crippen molar-refractivity contribution in [1.82, 2.24) is 0 Å². The molecule has 1 fully saturated rings. The molecule has 4 rings (SSSR count). The number of aromatic hydroxyl groups is 1. The van der Waals surface area contributed by atoms with Crippen molar-refractivity contribution in [1.29, 1.82) is 0 Å². The lowest BCUT2D eigenvalue weighted by atomic mass is 9.67. The number of Topliss-reactive ketones (excluding diaryl/α,β-unsaturated/α-hetero) is 1. The van der Waals surface area contributed by atoms with E-state index >= 15 is 0 Å². The number of ether oxygens (including phenoxy) is 1. The van der Waals surface area contributed by atoms with Gasteiger partial charge in [-0.25, -0.2) is 0 Å². The van der Waals surface area contributed by atoms with Crippen LogP contribution in [0.5, 0.6) is 11.5 Å². The van der Waals surface area contributed by atoms with Crippen LogP contribution < -0.4 is 4.74 Å². The molecule has 3 nitrogen and oxygen atoms in total. The molecule has 130 valence electrons. The van der Waals surface area contributed by atoms with Crippen LogP contribution in [0.2, 0.25) is 0 Å². The fourth-order valence-corrected chi connectivity index (χ4v) is 4.74. The summed E-state index contributed by atoms with van der Waals surface area (Å²) in [5, 5.41) is 9.96. The molecule has 0 radical (unpaired) electrons. The normalized spacial score (nSPS) is 24.8. The van der Waals surface area contributed by atoms with Crippen LogP contribution in [0.3, 0.4) is 0 Å². The van der Waals surface area contributed by atoms with E-state index in [1.54, 1.807) is 13.2 Å². The maximum absolute atomic E-state index is 12.7. The molecule has 2 aliphatic rings. The van der Waals surface area contributed by atoms with Crippen molar-refractivity contribution < 1.29 is 14.6 Å². The summed E-state index contributed by atoms with van der Waals surface area (Å²) in [6.07, 6.45) is 2.67. The number of fused-ring (bicyclic) bond motifs is 2. The Hall–Kier alpha value is -2.29. The van der Waals surface area contributed by atoms with Gasteiger partial charge in [0.15, 0.2) is 11.5 Å². The summed E-state index contributed by atoms with van der Waals surface area (Å²) in [5.41, 5.74) is 6.27. The molecule has 3 atom stereocenters. The van der Waals surface area contributed by atoms with Crippen LogP contribution in [0.15, 0.2) is 30.3 Å². The number of hydrogen-bond donors (Lipinski definition) is 1. The first-order valence-electron chi connectivity index (χ1n) is 8.99. The highest BCUT2D eigenvalue weighted by molar-refractivity contribution is 5.85. The number of carbonyl (C=O) groups is 1. The Morgan fingerprint density at radius 3 is 2.64 bits per heavy atom. The first kappa shape index (κ1) is 16.2. The second-order valence-electron chi connectivity index (χ2n) is 7.54. The third-order valence-corrected chi connectivity index (χ3v) is 6.14. The number of benzene rings is 2. The summed E-state index contributed by atoms with van der Waals surface area (Å²) in [6.45, 7) is 4.28. The van der Waals surface area contributed by atoms with Crippen LogP contribution in [0, 0.1) is 25.7 Å². The van der Waals surface area contributed by atoms with E-state index in [0.29, 0.717) is 23.9 Å². The third-order valence-electron chi connectivity index (χ3n) is 6.14. The standard InChI is InChI=1S/C22H24O3/c1-12-8-16-10-14-5-7-19(24)22(14)21(17(16)9-13(12)2)15-4-6-18(23)20(11-15)25-3/h4,6,8-9,11,14,21-23H,5,7,10H2,1-3H3. The van der Waals surface area contributed by atoms with E-state index in [9.17, 15) is 9.90 Å². The summed E-state index contributed by atoms with van der Waals surface area (Å²) >= 11 is 0. The minimum atomic E-state index is 0.0452. The van der Waals surface area contributed by atoms with E-state index in [2.05, 4.69) is 26.0 Å². The highest BCUT2D eigenvalue weighted by atomic mass is 16.5. The molecule has 2 aliphatic carbocycles. The highest BCUT2D eigenvalue weighted by Crippen LogP contribution is 2.50. The number of phenolic OH excluding ortho intramolecular Hbond substituents is 1. The van der Waals surface area contributed by atoms with Gasteiger partial charge in [0.1, 0.15) is 5.78 Å². The second kappa shape index (κ2) is 5.91. The monoisotopic (exact) mass is 336 g/mol. The van der Waals surface area contributed by atoms with Crippen molar-refractivity contribution in [3.63, 3.8) is 0 Å². The molecule has 1 N–H and O–H groups in total. The average molecular weight is 336 g/mol. The molecule has 0 aliphatic heterocycles. The van der Waals surface area contributed by atoms with E-state index in [1.165, 1.54) is 22.3 Å². The fourth-order valence-electron chi connectivity index (χ4n) is 4.74. The third kappa shape index (κ3) is 2.53. The zero-order valence-corrected chi connectivity index (χ0v) is 15.0. The van der Waals surface area contributed by atoms with Crippen LogP contribution in [0.4, 0.5) is 0 Å². The van der Waals surface area contributed by atoms with Crippen LogP contribution in [0.1, 0.15) is 46.6 Å². The van der Waals surface area contributed by atoms with Crippen molar-refractivity contribution in [2.45, 2.75) is 39.0 Å². The topological polar surface area (TPSA) is 46.5 Å². The fraction of sp³-hybridized carbons (Fsp3) is 0.409. The van der Waals surface area contributed by atoms with Crippen LogP contribution in [-0.4, -0.2) is 18.0 Å². The lowest BCUT2D eigenvalue weighted by Gasteiger charge is -2.36. The van der Waals surface area contributed by atoms with Gasteiger partial charge in [0.2, 0.25) is 0 Å². The summed E-state index contributed by atoms with van der Waals surface area (Å²) in [7, 11) is 1.56. The smallest absolute Gasteiger partial charge is 0.160 e. The molecular weight excluding hydrogens is 312 g/mol. The Labute approximate surface area is 148 Å². The minimum Gasteiger partial charge on any atom is -0.504 e. The minimum absolute atomic E-state index is 0.0452. The molecule has 0 aromatic heterocycles. The quantitative estimate of drug-likeness (QED) is 0.889. The van der Waals surface area contributed by atoms with Crippen molar-refractivity contribution in [2.24, 2.45) is 11.8 Å². The number of aryl methyl sites for hydroxylation is 2. The summed E-state index contributed by atoms with van der Waals surface area (Å²) in [4.78, 5) is 12.7. The summed E-state index contributed by atoms with van der Waals surface area (Å²) < 4.78 is 5.31. The maximum Gasteiger partial charge on any atom is 0.160 e. The maximum atomic E-state index is 12.7. The molecule has 1 saturated carbocycles. The molecule has 25 heavy (non-hydrogen) atoms. The number of ketones is 1. The van der Waals surface area contributed by atoms with E-state index in [1.807, 2.05) is 12.1 Å². The molecule has 0 spiro atoms. The largest absolute Gasteiger partial charge is 0.504 e. The van der Waals surface area contributed by atoms with Gasteiger partial charge in [-0.1, -0.05) is 18.2 Å². The van der Waals surface area contributed by atoms with Gasteiger partial charge in [-0.2, -0.15) is 0 Å². The predicted molar refractivity (Wildman–Crippen MR) is 97.3 cm³/mol. The van der Waals surface area contributed by atoms with Crippen molar-refractivity contribution >= 4 is 5.78 Å². The van der Waals surface area contributed by atoms with Gasteiger partial charge >= 0.3 is 0 Å². The summed E-state index contributed by atoms with van der Waals surface area (Å²) in [6, 6.07) is 10.1. The van der Waals surface area contributed by atoms with Crippen LogP contribution in [0.25, 0.3) is 0 Å². The Bertz CT molecular complexity index is 853. The van der Waals surface area contributed by atoms with E-state index in [0.717, 1.165) is 18.4 Å². The first-order valence-corrected chi connectivity index (χ1v) is 8.99. The van der Waals surface area contributed by atoms with Crippen LogP contribution >= 0.6 is 0 Å². The van der Waals surface area contributed by atoms with E-state index < -0.39 is 0 Å². The summed E-state index contributed by atoms with van der Waals surface area (Å²) in [5.74, 6) is 1.51. The Morgan fingerprint density at radius 1 is 1.12 bits per heavy atom. The predicted octanol–water partition coefficient (Wildman–Crippen LogP) is 4.30. The van der Waals surface area contributed by atoms with Gasteiger partial charge in [0, 0.05) is 18.3 Å². The van der Waals surface area contributed by atoms with Crippen LogP contribution in [-0.2, 0) is 11.2 Å². The molecule has 0 bridgehead atoms. The molecule has 0 heterocycles. The number of phenols is 1. The molecular formula is C22H24O3. The van der Waals surface area contributed by atoms with Gasteiger partial charge in [-0.15, -0.1) is 0 Å². The van der Waals surface area contributed by atoms with Gasteiger partial charge in [-0.05, 0) is 72.6 Å². The molecule has 2 aromatic carbocycles. The Kier molecular flexibility index (Phi) is 3.82. The molecule has 0 amide bonds. The number of methoxy groups -OCH3 is 1.